The summed E-state index contributed by atoms with van der Waals surface area (Å²) in [5, 5.41) is 14.5. The van der Waals surface area contributed by atoms with Gasteiger partial charge in [-0.2, -0.15) is 0 Å². The third-order valence-electron chi connectivity index (χ3n) is 2.12. The van der Waals surface area contributed by atoms with Gasteiger partial charge >= 0.3 is 5.97 Å². The summed E-state index contributed by atoms with van der Waals surface area (Å²) in [7, 11) is 0. The Labute approximate surface area is 96.6 Å². The van der Waals surface area contributed by atoms with Crippen LogP contribution in [0.4, 0.5) is 0 Å². The van der Waals surface area contributed by atoms with Crippen LogP contribution in [0.25, 0.3) is 0 Å². The molecule has 1 atom stereocenters. The molecule has 0 saturated carbocycles. The van der Waals surface area contributed by atoms with Crippen molar-refractivity contribution in [3.05, 3.63) is 0 Å². The normalized spacial score (nSPS) is 12.5. The standard InChI is InChI=1S/C11H22N2O3/c1-4-12-6-5-10(14)13-9(11(15)16)7-8(2)3/h8-9,12H,4-7H2,1-3H3,(H,13,14)(H,15,16)/t9-/m0/s1. The minimum atomic E-state index is -0.967. The van der Waals surface area contributed by atoms with Gasteiger partial charge in [0.05, 0.1) is 0 Å². The predicted molar refractivity (Wildman–Crippen MR) is 62.2 cm³/mol. The number of nitrogens with one attached hydrogen (secondary N) is 2. The number of carbonyl (C=O) groups is 2. The van der Waals surface area contributed by atoms with Crippen LogP contribution in [0, 0.1) is 5.92 Å². The zero-order valence-corrected chi connectivity index (χ0v) is 10.2. The van der Waals surface area contributed by atoms with Gasteiger partial charge in [-0.1, -0.05) is 20.8 Å². The molecule has 0 heterocycles. The minimum absolute atomic E-state index is 0.214. The molecule has 0 aromatic heterocycles. The lowest BCUT2D eigenvalue weighted by Gasteiger charge is -2.16. The highest BCUT2D eigenvalue weighted by Crippen LogP contribution is 2.04. The van der Waals surface area contributed by atoms with Crippen molar-refractivity contribution >= 4 is 11.9 Å². The van der Waals surface area contributed by atoms with Gasteiger partial charge in [0.25, 0.3) is 0 Å². The average Bonchev–Trinajstić information content (AvgIpc) is 2.16. The summed E-state index contributed by atoms with van der Waals surface area (Å²) in [6.45, 7) is 7.20. The van der Waals surface area contributed by atoms with Gasteiger partial charge in [0, 0.05) is 13.0 Å². The van der Waals surface area contributed by atoms with Crippen LogP contribution in [0.5, 0.6) is 0 Å². The Hall–Kier alpha value is -1.10. The van der Waals surface area contributed by atoms with Crippen LogP contribution < -0.4 is 10.6 Å². The largest absolute Gasteiger partial charge is 0.480 e. The van der Waals surface area contributed by atoms with Gasteiger partial charge in [-0.3, -0.25) is 4.79 Å². The van der Waals surface area contributed by atoms with Crippen LogP contribution >= 0.6 is 0 Å². The molecular formula is C11H22N2O3. The lowest BCUT2D eigenvalue weighted by molar-refractivity contribution is -0.142. The van der Waals surface area contributed by atoms with E-state index in [1.165, 1.54) is 0 Å². The smallest absolute Gasteiger partial charge is 0.326 e. The molecule has 0 rings (SSSR count). The summed E-state index contributed by atoms with van der Waals surface area (Å²) in [6, 6.07) is -0.769. The minimum Gasteiger partial charge on any atom is -0.480 e. The fourth-order valence-electron chi connectivity index (χ4n) is 1.34. The first kappa shape index (κ1) is 14.9. The Balaban J connectivity index is 3.98. The molecule has 94 valence electrons. The van der Waals surface area contributed by atoms with Crippen LogP contribution in [0.15, 0.2) is 0 Å². The molecule has 1 amide bonds. The molecule has 0 aliphatic carbocycles. The maximum absolute atomic E-state index is 11.4. The van der Waals surface area contributed by atoms with Gasteiger partial charge in [0.2, 0.25) is 5.91 Å². The maximum Gasteiger partial charge on any atom is 0.326 e. The fourth-order valence-corrected chi connectivity index (χ4v) is 1.34. The van der Waals surface area contributed by atoms with E-state index in [0.717, 1.165) is 6.54 Å². The second kappa shape index (κ2) is 8.10. The second-order valence-electron chi connectivity index (χ2n) is 4.19. The van der Waals surface area contributed by atoms with Crippen LogP contribution in [-0.2, 0) is 9.59 Å². The molecule has 0 aliphatic heterocycles. The monoisotopic (exact) mass is 230 g/mol. The predicted octanol–water partition coefficient (Wildman–Crippen LogP) is 0.601. The third kappa shape index (κ3) is 7.23. The quantitative estimate of drug-likeness (QED) is 0.534. The topological polar surface area (TPSA) is 78.4 Å². The van der Waals surface area contributed by atoms with E-state index in [4.69, 9.17) is 5.11 Å². The fraction of sp³-hybridized carbons (Fsp3) is 0.818. The van der Waals surface area contributed by atoms with E-state index in [2.05, 4.69) is 10.6 Å². The molecular weight excluding hydrogens is 208 g/mol. The molecule has 5 nitrogen and oxygen atoms in total. The summed E-state index contributed by atoms with van der Waals surface area (Å²) in [6.07, 6.45) is 0.776. The molecule has 5 heteroatoms. The molecule has 0 radical (unpaired) electrons. The first-order chi connectivity index (χ1) is 7.47. The number of carbonyl (C=O) groups excluding carboxylic acids is 1. The summed E-state index contributed by atoms with van der Waals surface area (Å²) in [5.74, 6) is -0.935. The van der Waals surface area contributed by atoms with E-state index in [9.17, 15) is 9.59 Å². The SMILES string of the molecule is CCNCCC(=O)N[C@@H](CC(C)C)C(=O)O. The van der Waals surface area contributed by atoms with Crippen LogP contribution in [0.3, 0.4) is 0 Å². The molecule has 0 aromatic carbocycles. The van der Waals surface area contributed by atoms with Crippen LogP contribution in [-0.4, -0.2) is 36.1 Å². The lowest BCUT2D eigenvalue weighted by atomic mass is 10.0. The van der Waals surface area contributed by atoms with Crippen molar-refractivity contribution in [2.75, 3.05) is 13.1 Å². The molecule has 3 N–H and O–H groups in total. The second-order valence-corrected chi connectivity index (χ2v) is 4.19. The zero-order chi connectivity index (χ0) is 12.6. The number of amides is 1. The van der Waals surface area contributed by atoms with Gasteiger partial charge in [0.1, 0.15) is 6.04 Å². The van der Waals surface area contributed by atoms with Gasteiger partial charge < -0.3 is 15.7 Å². The Morgan fingerprint density at radius 2 is 1.94 bits per heavy atom. The molecule has 0 spiro atoms. The molecule has 0 bridgehead atoms. The van der Waals surface area contributed by atoms with Crippen molar-refractivity contribution in [3.8, 4) is 0 Å². The van der Waals surface area contributed by atoms with E-state index in [0.29, 0.717) is 19.4 Å². The van der Waals surface area contributed by atoms with E-state index in [1.807, 2.05) is 20.8 Å². The number of carboxylic acid groups (broad SMARTS) is 1. The number of hydrogen-bond acceptors (Lipinski definition) is 3. The summed E-state index contributed by atoms with van der Waals surface area (Å²) in [4.78, 5) is 22.3. The summed E-state index contributed by atoms with van der Waals surface area (Å²) < 4.78 is 0. The van der Waals surface area contributed by atoms with Crippen LogP contribution in [0.1, 0.15) is 33.6 Å². The Morgan fingerprint density at radius 3 is 2.38 bits per heavy atom. The van der Waals surface area contributed by atoms with Gasteiger partial charge in [-0.25, -0.2) is 4.79 Å². The van der Waals surface area contributed by atoms with Gasteiger partial charge in [0.15, 0.2) is 0 Å². The number of hydrogen-bond donors (Lipinski definition) is 3. The molecule has 0 unspecified atom stereocenters. The van der Waals surface area contributed by atoms with Crippen molar-refractivity contribution < 1.29 is 14.7 Å². The van der Waals surface area contributed by atoms with Crippen molar-refractivity contribution in [1.82, 2.24) is 10.6 Å². The number of aliphatic carboxylic acids is 1. The molecule has 0 aliphatic rings. The molecule has 16 heavy (non-hydrogen) atoms. The van der Waals surface area contributed by atoms with E-state index >= 15 is 0 Å². The van der Waals surface area contributed by atoms with Crippen LogP contribution in [0.2, 0.25) is 0 Å². The van der Waals surface area contributed by atoms with Gasteiger partial charge in [-0.05, 0) is 18.9 Å². The third-order valence-corrected chi connectivity index (χ3v) is 2.12. The molecule has 0 saturated heterocycles. The molecule has 0 aromatic rings. The van der Waals surface area contributed by atoms with E-state index in [-0.39, 0.29) is 11.8 Å². The van der Waals surface area contributed by atoms with E-state index < -0.39 is 12.0 Å². The lowest BCUT2D eigenvalue weighted by Crippen LogP contribution is -2.42. The molecule has 0 fully saturated rings. The Bertz CT molecular complexity index is 229. The average molecular weight is 230 g/mol. The summed E-state index contributed by atoms with van der Waals surface area (Å²) in [5.41, 5.74) is 0. The zero-order valence-electron chi connectivity index (χ0n) is 10.2. The van der Waals surface area contributed by atoms with Crippen molar-refractivity contribution in [3.63, 3.8) is 0 Å². The number of rotatable bonds is 8. The highest BCUT2D eigenvalue weighted by molar-refractivity contribution is 5.83. The maximum atomic E-state index is 11.4. The Morgan fingerprint density at radius 1 is 1.31 bits per heavy atom. The summed E-state index contributed by atoms with van der Waals surface area (Å²) >= 11 is 0. The number of carboxylic acids is 1. The Kier molecular flexibility index (Phi) is 7.54. The van der Waals surface area contributed by atoms with Gasteiger partial charge in [-0.15, -0.1) is 0 Å². The van der Waals surface area contributed by atoms with E-state index in [1.54, 1.807) is 0 Å². The van der Waals surface area contributed by atoms with Crippen molar-refractivity contribution in [1.29, 1.82) is 0 Å². The first-order valence-electron chi connectivity index (χ1n) is 5.70. The van der Waals surface area contributed by atoms with Crippen molar-refractivity contribution in [2.24, 2.45) is 5.92 Å². The first-order valence-corrected chi connectivity index (χ1v) is 5.70. The highest BCUT2D eigenvalue weighted by atomic mass is 16.4. The highest BCUT2D eigenvalue weighted by Gasteiger charge is 2.20. The van der Waals surface area contributed by atoms with Crippen molar-refractivity contribution in [2.45, 2.75) is 39.7 Å².